The van der Waals surface area contributed by atoms with Gasteiger partial charge in [0.05, 0.1) is 10.8 Å². The molecule has 0 bridgehead atoms. The predicted molar refractivity (Wildman–Crippen MR) is 132 cm³/mol. The van der Waals surface area contributed by atoms with Crippen LogP contribution in [-0.2, 0) is 27.3 Å². The van der Waals surface area contributed by atoms with E-state index < -0.39 is 56.9 Å². The number of halogens is 9. The molecule has 1 aromatic rings. The van der Waals surface area contributed by atoms with Gasteiger partial charge in [-0.25, -0.2) is 13.2 Å². The van der Waals surface area contributed by atoms with E-state index in [1.165, 1.54) is 6.07 Å². The molecule has 3 saturated heterocycles. The number of hydrogen-bond acceptors (Lipinski definition) is 6. The summed E-state index contributed by atoms with van der Waals surface area (Å²) >= 11 is 0. The lowest BCUT2D eigenvalue weighted by molar-refractivity contribution is -0.308. The number of piperidine rings is 1. The predicted octanol–water partition coefficient (Wildman–Crippen LogP) is 5.39. The van der Waals surface area contributed by atoms with Gasteiger partial charge in [0, 0.05) is 50.2 Å². The molecule has 3 heterocycles. The highest BCUT2D eigenvalue weighted by atomic mass is 32.2. The Hall–Kier alpha value is -2.43. The van der Waals surface area contributed by atoms with Gasteiger partial charge in [0.2, 0.25) is 0 Å². The zero-order valence-corrected chi connectivity index (χ0v) is 23.3. The molecule has 0 radical (unpaired) electrons. The first-order valence-electron chi connectivity index (χ1n) is 13.2. The lowest BCUT2D eigenvalue weighted by Gasteiger charge is -2.45. The van der Waals surface area contributed by atoms with Crippen molar-refractivity contribution in [2.45, 2.75) is 74.1 Å². The molecule has 0 aromatic heterocycles. The third-order valence-electron chi connectivity index (χ3n) is 8.37. The normalized spacial score (nSPS) is 22.4. The van der Waals surface area contributed by atoms with Crippen molar-refractivity contribution >= 4 is 21.6 Å². The van der Waals surface area contributed by atoms with Crippen molar-refractivity contribution in [2.75, 3.05) is 43.9 Å². The number of hydrogen-bond donors (Lipinski definition) is 0. The minimum absolute atomic E-state index is 0.0339. The first-order chi connectivity index (χ1) is 19.2. The Morgan fingerprint density at radius 3 is 2.12 bits per heavy atom. The molecule has 238 valence electrons. The smallest absolute Gasteiger partial charge is 0.426 e. The maximum atomic E-state index is 13.6. The standard InChI is InChI=1S/C25H30F9N3O4S/c1-42(39,40)18-5-10-36(15-18)19-13-17(23(26,27)28)4-3-16(19)14-37-9-2-6-22(37)7-11-35(12-8-22)21(38)41-20(24(29,30)31)25(32,33)34/h3-4,13,18,20H,2,5-12,14-15H2,1H3. The maximum Gasteiger partial charge on any atom is 0.434 e. The van der Waals surface area contributed by atoms with E-state index in [4.69, 9.17) is 0 Å². The first kappa shape index (κ1) is 32.5. The summed E-state index contributed by atoms with van der Waals surface area (Å²) < 4.78 is 146. The molecule has 1 unspecified atom stereocenters. The molecule has 0 saturated carbocycles. The van der Waals surface area contributed by atoms with Crippen molar-refractivity contribution in [1.82, 2.24) is 9.80 Å². The number of ether oxygens (including phenoxy) is 1. The number of benzene rings is 1. The Morgan fingerprint density at radius 2 is 1.60 bits per heavy atom. The zero-order valence-electron chi connectivity index (χ0n) is 22.4. The molecule has 1 aromatic carbocycles. The summed E-state index contributed by atoms with van der Waals surface area (Å²) in [6.45, 7) is 0.653. The largest absolute Gasteiger partial charge is 0.434 e. The van der Waals surface area contributed by atoms with Gasteiger partial charge >= 0.3 is 24.6 Å². The highest BCUT2D eigenvalue weighted by Gasteiger charge is 2.60. The monoisotopic (exact) mass is 639 g/mol. The van der Waals surface area contributed by atoms with E-state index in [1.54, 1.807) is 4.90 Å². The van der Waals surface area contributed by atoms with Gasteiger partial charge in [0.1, 0.15) is 0 Å². The van der Waals surface area contributed by atoms with Crippen molar-refractivity contribution in [3.05, 3.63) is 29.3 Å². The van der Waals surface area contributed by atoms with Gasteiger partial charge in [-0.1, -0.05) is 6.07 Å². The number of alkyl halides is 9. The third-order valence-corrected chi connectivity index (χ3v) is 9.97. The fourth-order valence-corrected chi connectivity index (χ4v) is 7.06. The number of anilines is 1. The minimum atomic E-state index is -5.83. The zero-order chi connectivity index (χ0) is 31.3. The van der Waals surface area contributed by atoms with Gasteiger partial charge in [0.25, 0.3) is 6.10 Å². The number of carbonyl (C=O) groups excluding carboxylic acids is 1. The Bertz CT molecular complexity index is 1250. The molecule has 0 aliphatic carbocycles. The highest BCUT2D eigenvalue weighted by Crippen LogP contribution is 2.43. The van der Waals surface area contributed by atoms with E-state index >= 15 is 0 Å². The molecular formula is C25H30F9N3O4S. The third kappa shape index (κ3) is 7.03. The van der Waals surface area contributed by atoms with Crippen LogP contribution < -0.4 is 4.90 Å². The van der Waals surface area contributed by atoms with Crippen molar-refractivity contribution in [3.63, 3.8) is 0 Å². The molecule has 1 spiro atoms. The molecule has 3 aliphatic rings. The highest BCUT2D eigenvalue weighted by molar-refractivity contribution is 7.91. The second kappa shape index (κ2) is 11.2. The topological polar surface area (TPSA) is 70.2 Å². The molecular weight excluding hydrogens is 609 g/mol. The molecule has 3 aliphatic heterocycles. The quantitative estimate of drug-likeness (QED) is 0.403. The fourth-order valence-electron chi connectivity index (χ4n) is 6.08. The average molecular weight is 640 g/mol. The van der Waals surface area contributed by atoms with Crippen LogP contribution in [0, 0.1) is 0 Å². The van der Waals surface area contributed by atoms with Crippen LogP contribution in [0.25, 0.3) is 0 Å². The molecule has 7 nitrogen and oxygen atoms in total. The van der Waals surface area contributed by atoms with E-state index in [1.807, 2.05) is 4.90 Å². The van der Waals surface area contributed by atoms with E-state index in [2.05, 4.69) is 4.74 Å². The summed E-state index contributed by atoms with van der Waals surface area (Å²) in [6, 6.07) is 3.29. The van der Waals surface area contributed by atoms with E-state index in [0.717, 1.165) is 23.3 Å². The summed E-state index contributed by atoms with van der Waals surface area (Å²) in [5, 5.41) is -0.726. The fraction of sp³-hybridized carbons (Fsp3) is 0.720. The molecule has 42 heavy (non-hydrogen) atoms. The van der Waals surface area contributed by atoms with Gasteiger partial charge in [0.15, 0.2) is 9.84 Å². The average Bonchev–Trinajstić information content (AvgIpc) is 3.49. The Morgan fingerprint density at radius 1 is 0.976 bits per heavy atom. The van der Waals surface area contributed by atoms with Crippen LogP contribution in [0.2, 0.25) is 0 Å². The number of sulfone groups is 1. The van der Waals surface area contributed by atoms with Gasteiger partial charge in [-0.2, -0.15) is 39.5 Å². The van der Waals surface area contributed by atoms with E-state index in [0.29, 0.717) is 24.9 Å². The second-order valence-electron chi connectivity index (χ2n) is 11.1. The number of nitrogens with zero attached hydrogens (tertiary/aromatic N) is 3. The van der Waals surface area contributed by atoms with Crippen LogP contribution in [0.15, 0.2) is 18.2 Å². The lowest BCUT2D eigenvalue weighted by atomic mass is 9.84. The van der Waals surface area contributed by atoms with Crippen LogP contribution in [0.4, 0.5) is 50.0 Å². The maximum absolute atomic E-state index is 13.6. The minimum Gasteiger partial charge on any atom is -0.426 e. The van der Waals surface area contributed by atoms with Gasteiger partial charge in [-0.3, -0.25) is 4.90 Å². The van der Waals surface area contributed by atoms with Crippen molar-refractivity contribution in [1.29, 1.82) is 0 Å². The van der Waals surface area contributed by atoms with Crippen molar-refractivity contribution in [3.8, 4) is 0 Å². The van der Waals surface area contributed by atoms with Crippen LogP contribution in [0.5, 0.6) is 0 Å². The molecule has 1 atom stereocenters. The SMILES string of the molecule is CS(=O)(=O)C1CCN(c2cc(C(F)(F)F)ccc2CN2CCCC23CCN(C(=O)OC(C(F)(F)F)C(F)(F)F)CC3)C1. The summed E-state index contributed by atoms with van der Waals surface area (Å²) in [4.78, 5) is 16.7. The molecule has 3 fully saturated rings. The van der Waals surface area contributed by atoms with Crippen LogP contribution in [-0.4, -0.2) is 92.5 Å². The number of likely N-dealkylation sites (tertiary alicyclic amines) is 2. The molecule has 4 rings (SSSR count). The van der Waals surface area contributed by atoms with Gasteiger partial charge in [-0.05, 0) is 56.3 Å². The molecule has 17 heteroatoms. The Labute approximate surface area is 236 Å². The lowest BCUT2D eigenvalue weighted by Crippen LogP contribution is -2.54. The number of rotatable bonds is 5. The van der Waals surface area contributed by atoms with Crippen LogP contribution in [0.1, 0.15) is 43.2 Å². The van der Waals surface area contributed by atoms with Crippen LogP contribution >= 0.6 is 0 Å². The Kier molecular flexibility index (Phi) is 8.70. The second-order valence-corrected chi connectivity index (χ2v) is 13.4. The van der Waals surface area contributed by atoms with Gasteiger partial charge < -0.3 is 14.5 Å². The summed E-state index contributed by atoms with van der Waals surface area (Å²) in [7, 11) is -3.42. The Balaban J connectivity index is 1.50. The van der Waals surface area contributed by atoms with E-state index in [9.17, 15) is 52.7 Å². The molecule has 0 N–H and O–H groups in total. The van der Waals surface area contributed by atoms with Crippen molar-refractivity contribution < 1.29 is 57.5 Å². The summed E-state index contributed by atoms with van der Waals surface area (Å²) in [5.74, 6) is 0. The number of carbonyl (C=O) groups is 1. The first-order valence-corrected chi connectivity index (χ1v) is 15.1. The summed E-state index contributed by atoms with van der Waals surface area (Å²) in [5.41, 5.74) is -0.685. The van der Waals surface area contributed by atoms with Gasteiger partial charge in [-0.15, -0.1) is 0 Å². The number of amides is 1. The molecule has 1 amide bonds. The van der Waals surface area contributed by atoms with E-state index in [-0.39, 0.29) is 57.7 Å². The summed E-state index contributed by atoms with van der Waals surface area (Å²) in [6.07, 6.45) is -19.2. The van der Waals surface area contributed by atoms with Crippen LogP contribution in [0.3, 0.4) is 0 Å². The van der Waals surface area contributed by atoms with Crippen molar-refractivity contribution in [2.24, 2.45) is 0 Å².